The number of benzene rings is 2. The Hall–Kier alpha value is -1.03. The van der Waals surface area contributed by atoms with Gasteiger partial charge in [0.15, 0.2) is 5.73 Å². The molecule has 21 heavy (non-hydrogen) atoms. The van der Waals surface area contributed by atoms with E-state index in [1.54, 1.807) is 0 Å². The third kappa shape index (κ3) is 3.25. The van der Waals surface area contributed by atoms with Crippen LogP contribution in [-0.4, -0.2) is 14.7 Å². The van der Waals surface area contributed by atoms with Crippen LogP contribution in [0, 0.1) is 5.73 Å². The van der Waals surface area contributed by atoms with Crippen molar-refractivity contribution in [3.05, 3.63) is 66.4 Å². The standard InChI is InChI=1S/C18H21OSi.BrH/c1-20(16-10-4-2-5-11-16,17-12-6-3-7-13-17)18-14-8-9-15-19-18;/h2-7,10-13H,8-9,14-15H2,1H3;1H/q+1;/p-1. The molecule has 0 spiro atoms. The molecule has 1 aliphatic rings. The van der Waals surface area contributed by atoms with Gasteiger partial charge in [-0.15, -0.1) is 0 Å². The maximum absolute atomic E-state index is 6.13. The predicted octanol–water partition coefficient (Wildman–Crippen LogP) is 0.155. The fourth-order valence-electron chi connectivity index (χ4n) is 3.08. The first-order chi connectivity index (χ1) is 9.82. The SMILES string of the molecule is C[Si](c1ccccc1)(c1ccccc1)[C+]1CCCCO1.[Br-]. The third-order valence-corrected chi connectivity index (χ3v) is 8.82. The fourth-order valence-corrected chi connectivity index (χ4v) is 6.84. The molecule has 1 aliphatic heterocycles. The summed E-state index contributed by atoms with van der Waals surface area (Å²) < 4.78 is 6.13. The van der Waals surface area contributed by atoms with E-state index in [-0.39, 0.29) is 17.0 Å². The van der Waals surface area contributed by atoms with Crippen molar-refractivity contribution in [2.24, 2.45) is 0 Å². The molecule has 0 atom stereocenters. The predicted molar refractivity (Wildman–Crippen MR) is 86.8 cm³/mol. The van der Waals surface area contributed by atoms with E-state index >= 15 is 0 Å². The van der Waals surface area contributed by atoms with Crippen LogP contribution in [0.1, 0.15) is 19.3 Å². The van der Waals surface area contributed by atoms with E-state index < -0.39 is 8.07 Å². The molecular weight excluding hydrogens is 340 g/mol. The summed E-state index contributed by atoms with van der Waals surface area (Å²) in [5.41, 5.74) is 1.35. The highest BCUT2D eigenvalue weighted by molar-refractivity contribution is 7.05. The lowest BCUT2D eigenvalue weighted by Crippen LogP contribution is -3.00. The summed E-state index contributed by atoms with van der Waals surface area (Å²) in [6.45, 7) is 3.32. The first-order valence-electron chi connectivity index (χ1n) is 7.42. The van der Waals surface area contributed by atoms with Crippen molar-refractivity contribution >= 4 is 18.4 Å². The largest absolute Gasteiger partial charge is 1.00 e. The molecule has 2 aromatic rings. The van der Waals surface area contributed by atoms with Crippen molar-refractivity contribution < 1.29 is 21.7 Å². The minimum Gasteiger partial charge on any atom is -1.00 e. The summed E-state index contributed by atoms with van der Waals surface area (Å²) in [7, 11) is -1.91. The Labute approximate surface area is 139 Å². The van der Waals surface area contributed by atoms with Crippen LogP contribution in [0.5, 0.6) is 0 Å². The number of hydrogen-bond acceptors (Lipinski definition) is 1. The quantitative estimate of drug-likeness (QED) is 0.559. The second-order valence-electron chi connectivity index (χ2n) is 5.59. The molecule has 1 saturated heterocycles. The summed E-state index contributed by atoms with van der Waals surface area (Å²) in [5, 5.41) is 2.89. The van der Waals surface area contributed by atoms with Crippen molar-refractivity contribution in [2.45, 2.75) is 25.8 Å². The van der Waals surface area contributed by atoms with Crippen LogP contribution in [-0.2, 0) is 4.74 Å². The smallest absolute Gasteiger partial charge is 0.369 e. The summed E-state index contributed by atoms with van der Waals surface area (Å²) in [5.74, 6) is 0. The lowest BCUT2D eigenvalue weighted by atomic mass is 10.2. The molecule has 110 valence electrons. The Morgan fingerprint density at radius 2 is 1.38 bits per heavy atom. The zero-order chi connectivity index (χ0) is 13.8. The Morgan fingerprint density at radius 3 is 1.81 bits per heavy atom. The fraction of sp³-hybridized carbons (Fsp3) is 0.278. The van der Waals surface area contributed by atoms with Crippen molar-refractivity contribution in [3.63, 3.8) is 0 Å². The van der Waals surface area contributed by atoms with E-state index in [4.69, 9.17) is 4.74 Å². The van der Waals surface area contributed by atoms with E-state index in [1.165, 1.54) is 28.9 Å². The van der Waals surface area contributed by atoms with Crippen LogP contribution in [0.3, 0.4) is 0 Å². The lowest BCUT2D eigenvalue weighted by Gasteiger charge is -2.27. The van der Waals surface area contributed by atoms with Gasteiger partial charge in [0.1, 0.15) is 6.42 Å². The number of rotatable bonds is 3. The van der Waals surface area contributed by atoms with Crippen LogP contribution >= 0.6 is 0 Å². The van der Waals surface area contributed by atoms with E-state index in [9.17, 15) is 0 Å². The summed E-state index contributed by atoms with van der Waals surface area (Å²) in [4.78, 5) is 0. The molecule has 0 aliphatic carbocycles. The van der Waals surface area contributed by atoms with E-state index in [1.807, 2.05) is 0 Å². The van der Waals surface area contributed by atoms with Crippen molar-refractivity contribution in [1.82, 2.24) is 0 Å². The van der Waals surface area contributed by atoms with Gasteiger partial charge in [-0.05, 0) is 29.8 Å². The maximum atomic E-state index is 6.13. The molecule has 0 N–H and O–H groups in total. The van der Waals surface area contributed by atoms with Gasteiger partial charge in [0.2, 0.25) is 0 Å². The van der Waals surface area contributed by atoms with Crippen molar-refractivity contribution in [1.29, 1.82) is 0 Å². The molecule has 2 aromatic carbocycles. The van der Waals surface area contributed by atoms with Gasteiger partial charge >= 0.3 is 8.07 Å². The van der Waals surface area contributed by atoms with Crippen LogP contribution in [0.4, 0.5) is 0 Å². The van der Waals surface area contributed by atoms with E-state index in [0.29, 0.717) is 0 Å². The lowest BCUT2D eigenvalue weighted by molar-refractivity contribution is -0.00000488. The Balaban J connectivity index is 0.00000161. The molecule has 3 rings (SSSR count). The van der Waals surface area contributed by atoms with Crippen molar-refractivity contribution in [3.8, 4) is 0 Å². The van der Waals surface area contributed by atoms with Gasteiger partial charge in [-0.1, -0.05) is 60.7 Å². The van der Waals surface area contributed by atoms with E-state index in [0.717, 1.165) is 13.0 Å². The molecule has 1 fully saturated rings. The van der Waals surface area contributed by atoms with Gasteiger partial charge in [-0.3, -0.25) is 0 Å². The molecule has 0 saturated carbocycles. The highest BCUT2D eigenvalue weighted by Gasteiger charge is 2.54. The van der Waals surface area contributed by atoms with Crippen LogP contribution in [0.15, 0.2) is 60.7 Å². The summed E-state index contributed by atoms with van der Waals surface area (Å²) >= 11 is 0. The first-order valence-corrected chi connectivity index (χ1v) is 9.92. The van der Waals surface area contributed by atoms with Crippen LogP contribution in [0.25, 0.3) is 0 Å². The molecule has 0 amide bonds. The minimum absolute atomic E-state index is 0. The molecule has 0 unspecified atom stereocenters. The monoisotopic (exact) mass is 360 g/mol. The molecule has 0 radical (unpaired) electrons. The highest BCUT2D eigenvalue weighted by atomic mass is 79.9. The Morgan fingerprint density at radius 1 is 0.857 bits per heavy atom. The van der Waals surface area contributed by atoms with Gasteiger partial charge in [-0.25, -0.2) is 4.74 Å². The normalized spacial score (nSPS) is 15.4. The molecule has 1 heterocycles. The second-order valence-corrected chi connectivity index (χ2v) is 9.55. The topological polar surface area (TPSA) is 9.23 Å². The van der Waals surface area contributed by atoms with Crippen LogP contribution in [0.2, 0.25) is 6.55 Å². The molecule has 0 bridgehead atoms. The molecule has 1 nitrogen and oxygen atoms in total. The number of hydrogen-bond donors (Lipinski definition) is 0. The van der Waals surface area contributed by atoms with Crippen LogP contribution < -0.4 is 27.4 Å². The number of ether oxygens (including phenoxy) is 1. The Kier molecular flexibility index (Phi) is 5.68. The van der Waals surface area contributed by atoms with Gasteiger partial charge in [-0.2, -0.15) is 0 Å². The Bertz CT molecular complexity index is 498. The maximum Gasteiger partial charge on any atom is 0.369 e. The summed E-state index contributed by atoms with van der Waals surface area (Å²) in [6.07, 6.45) is 3.57. The number of halogens is 1. The van der Waals surface area contributed by atoms with Gasteiger partial charge < -0.3 is 17.0 Å². The average molecular weight is 361 g/mol. The average Bonchev–Trinajstić information content (AvgIpc) is 2.56. The molecule has 0 aromatic heterocycles. The zero-order valence-corrected chi connectivity index (χ0v) is 15.0. The molecule has 3 heteroatoms. The van der Waals surface area contributed by atoms with E-state index in [2.05, 4.69) is 67.2 Å². The van der Waals surface area contributed by atoms with Gasteiger partial charge in [0.05, 0.1) is 6.61 Å². The first kappa shape index (κ1) is 16.3. The third-order valence-electron chi connectivity index (χ3n) is 4.33. The summed E-state index contributed by atoms with van der Waals surface area (Å²) in [6, 6.07) is 21.8. The van der Waals surface area contributed by atoms with Gasteiger partial charge in [0, 0.05) is 0 Å². The van der Waals surface area contributed by atoms with Gasteiger partial charge in [0.25, 0.3) is 0 Å². The highest BCUT2D eigenvalue weighted by Crippen LogP contribution is 2.29. The second kappa shape index (κ2) is 7.30. The minimum atomic E-state index is -1.91. The molecular formula is C18H21BrOSi. The zero-order valence-electron chi connectivity index (χ0n) is 12.4. The van der Waals surface area contributed by atoms with Crippen molar-refractivity contribution in [2.75, 3.05) is 6.61 Å².